The number of Topliss-reactive ketones (excluding diaryl/α,β-unsaturated/α-hetero) is 1. The predicted molar refractivity (Wildman–Crippen MR) is 114 cm³/mol. The van der Waals surface area contributed by atoms with Crippen molar-refractivity contribution in [3.8, 4) is 11.5 Å². The largest absolute Gasteiger partial charge is 0.503 e. The highest BCUT2D eigenvalue weighted by Gasteiger charge is 2.32. The van der Waals surface area contributed by atoms with E-state index in [2.05, 4.69) is 21.2 Å². The number of ether oxygens (including phenoxy) is 1. The van der Waals surface area contributed by atoms with Crippen LogP contribution in [0.2, 0.25) is 0 Å². The van der Waals surface area contributed by atoms with E-state index < -0.39 is 17.0 Å². The lowest BCUT2D eigenvalue weighted by atomic mass is 10.1. The van der Waals surface area contributed by atoms with E-state index >= 15 is 0 Å². The molecule has 0 radical (unpaired) electrons. The second-order valence-corrected chi connectivity index (χ2v) is 8.02. The number of phenolic OH excluding ortho intramolecular Hbond substituents is 1. The summed E-state index contributed by atoms with van der Waals surface area (Å²) < 4.78 is 8.19. The lowest BCUT2D eigenvalue weighted by molar-refractivity contribution is 0.104. The minimum Gasteiger partial charge on any atom is -0.503 e. The molecule has 2 aromatic rings. The highest BCUT2D eigenvalue weighted by molar-refractivity contribution is 9.10. The Kier molecular flexibility index (Phi) is 5.70. The van der Waals surface area contributed by atoms with Gasteiger partial charge in [0.2, 0.25) is 5.78 Å². The monoisotopic (exact) mass is 463 g/mol. The van der Waals surface area contributed by atoms with Crippen LogP contribution in [-0.4, -0.2) is 26.6 Å². The van der Waals surface area contributed by atoms with Gasteiger partial charge in [-0.25, -0.2) is 4.79 Å². The fourth-order valence-electron chi connectivity index (χ4n) is 3.17. The van der Waals surface area contributed by atoms with Crippen LogP contribution in [0.4, 0.5) is 5.82 Å². The van der Waals surface area contributed by atoms with E-state index in [-0.39, 0.29) is 34.5 Å². The molecule has 3 rings (SSSR count). The van der Waals surface area contributed by atoms with Crippen molar-refractivity contribution in [1.29, 1.82) is 0 Å². The summed E-state index contributed by atoms with van der Waals surface area (Å²) >= 11 is 3.27. The molecule has 9 heteroatoms. The number of carbonyl (C=O) groups is 1. The number of hydrogen-bond acceptors (Lipinski definition) is 6. The summed E-state index contributed by atoms with van der Waals surface area (Å²) in [7, 11) is 1.36. The van der Waals surface area contributed by atoms with E-state index in [1.165, 1.54) is 11.6 Å². The Bertz CT molecular complexity index is 1140. The van der Waals surface area contributed by atoms with Crippen molar-refractivity contribution >= 4 is 33.6 Å². The number of allylic oxidation sites excluding steroid dienone is 1. The minimum atomic E-state index is -0.632. The summed E-state index contributed by atoms with van der Waals surface area (Å²) in [5.41, 5.74) is -0.415. The number of nitrogens with one attached hydrogen (secondary N) is 1. The van der Waals surface area contributed by atoms with E-state index in [0.717, 1.165) is 4.57 Å². The maximum atomic E-state index is 12.9. The van der Waals surface area contributed by atoms with Crippen molar-refractivity contribution in [3.63, 3.8) is 0 Å². The Morgan fingerprint density at radius 1 is 1.28 bits per heavy atom. The molecule has 2 heterocycles. The Morgan fingerprint density at radius 3 is 2.59 bits per heavy atom. The van der Waals surface area contributed by atoms with Gasteiger partial charge in [-0.05, 0) is 52.5 Å². The normalized spacial score (nSPS) is 14.4. The maximum absolute atomic E-state index is 12.9. The molecule has 154 valence electrons. The van der Waals surface area contributed by atoms with Crippen LogP contribution in [-0.2, 0) is 13.6 Å². The van der Waals surface area contributed by atoms with E-state index in [0.29, 0.717) is 23.2 Å². The highest BCUT2D eigenvalue weighted by Crippen LogP contribution is 2.36. The summed E-state index contributed by atoms with van der Waals surface area (Å²) in [6.45, 7) is 6.41. The number of nitrogens with zero attached hydrogens (tertiary/aromatic N) is 2. The topological polar surface area (TPSA) is 103 Å². The zero-order valence-corrected chi connectivity index (χ0v) is 18.2. The number of hydrogen-bond donors (Lipinski definition) is 2. The lowest BCUT2D eigenvalue weighted by Gasteiger charge is -2.14. The number of benzene rings is 1. The van der Waals surface area contributed by atoms with Gasteiger partial charge < -0.3 is 15.2 Å². The van der Waals surface area contributed by atoms with Crippen molar-refractivity contribution in [2.75, 3.05) is 11.9 Å². The third-order valence-corrected chi connectivity index (χ3v) is 5.08. The van der Waals surface area contributed by atoms with Crippen LogP contribution in [0, 0.1) is 5.92 Å². The number of rotatable bonds is 5. The van der Waals surface area contributed by atoms with Gasteiger partial charge in [-0.2, -0.15) is 0 Å². The summed E-state index contributed by atoms with van der Waals surface area (Å²) in [4.78, 5) is 38.1. The number of anilines is 1. The molecule has 0 unspecified atom stereocenters. The van der Waals surface area contributed by atoms with Crippen LogP contribution in [0.1, 0.15) is 36.7 Å². The Hall–Kier alpha value is -2.81. The Labute approximate surface area is 175 Å². The lowest BCUT2D eigenvalue weighted by Crippen LogP contribution is -2.41. The van der Waals surface area contributed by atoms with Crippen LogP contribution >= 0.6 is 15.9 Å². The SMILES string of the molecule is CCOc1cc(/C=C2\Nc3c(c(=O)n(C)c(=O)n3CC(C)C)C2=O)cc(Br)c1O. The first-order valence-electron chi connectivity index (χ1n) is 9.18. The standard InChI is InChI=1S/C20H22BrN3O5/c1-5-29-14-8-11(6-12(21)16(14)25)7-13-17(26)15-18(22-13)24(9-10(2)3)20(28)23(4)19(15)27/h6-8,10,22,25H,5,9H2,1-4H3/b13-7-. The summed E-state index contributed by atoms with van der Waals surface area (Å²) in [5.74, 6) is 0.0965. The predicted octanol–water partition coefficient (Wildman–Crippen LogP) is 2.72. The third kappa shape index (κ3) is 3.74. The van der Waals surface area contributed by atoms with Crippen molar-refractivity contribution < 1.29 is 14.6 Å². The number of fused-ring (bicyclic) bond motifs is 1. The third-order valence-electron chi connectivity index (χ3n) is 4.48. The van der Waals surface area contributed by atoms with Crippen LogP contribution in [0.5, 0.6) is 11.5 Å². The van der Waals surface area contributed by atoms with Gasteiger partial charge in [0.05, 0.1) is 16.8 Å². The number of carbonyl (C=O) groups excluding carboxylic acids is 1. The van der Waals surface area contributed by atoms with Gasteiger partial charge in [0.25, 0.3) is 5.56 Å². The number of aromatic nitrogens is 2. The fraction of sp³-hybridized carbons (Fsp3) is 0.350. The van der Waals surface area contributed by atoms with E-state index in [4.69, 9.17) is 4.74 Å². The van der Waals surface area contributed by atoms with Crippen molar-refractivity contribution in [1.82, 2.24) is 9.13 Å². The molecule has 0 saturated carbocycles. The molecular formula is C20H22BrN3O5. The maximum Gasteiger partial charge on any atom is 0.332 e. The minimum absolute atomic E-state index is 0.0392. The van der Waals surface area contributed by atoms with Crippen molar-refractivity contribution in [2.45, 2.75) is 27.3 Å². The molecule has 29 heavy (non-hydrogen) atoms. The van der Waals surface area contributed by atoms with E-state index in [9.17, 15) is 19.5 Å². The van der Waals surface area contributed by atoms with Crippen molar-refractivity contribution in [2.24, 2.45) is 13.0 Å². The molecular weight excluding hydrogens is 442 g/mol. The van der Waals surface area contributed by atoms with Crippen LogP contribution in [0.3, 0.4) is 0 Å². The summed E-state index contributed by atoms with van der Waals surface area (Å²) in [5, 5.41) is 13.0. The average molecular weight is 464 g/mol. The van der Waals surface area contributed by atoms with Gasteiger partial charge in [-0.3, -0.25) is 18.7 Å². The zero-order valence-electron chi connectivity index (χ0n) is 16.6. The second-order valence-electron chi connectivity index (χ2n) is 7.17. The number of halogens is 1. The molecule has 2 N–H and O–H groups in total. The Balaban J connectivity index is 2.13. The van der Waals surface area contributed by atoms with Gasteiger partial charge in [-0.1, -0.05) is 13.8 Å². The zero-order chi connectivity index (χ0) is 21.5. The summed E-state index contributed by atoms with van der Waals surface area (Å²) in [6.07, 6.45) is 1.55. The van der Waals surface area contributed by atoms with Gasteiger partial charge in [0, 0.05) is 13.6 Å². The molecule has 1 aromatic carbocycles. The quantitative estimate of drug-likeness (QED) is 0.660. The number of phenols is 1. The van der Waals surface area contributed by atoms with Crippen LogP contribution in [0.15, 0.2) is 31.9 Å². The first-order chi connectivity index (χ1) is 13.6. The van der Waals surface area contributed by atoms with Gasteiger partial charge in [0.1, 0.15) is 11.4 Å². The number of aromatic hydroxyl groups is 1. The fourth-order valence-corrected chi connectivity index (χ4v) is 3.63. The summed E-state index contributed by atoms with van der Waals surface area (Å²) in [6, 6.07) is 3.22. The first-order valence-corrected chi connectivity index (χ1v) is 9.97. The molecule has 0 fully saturated rings. The smallest absolute Gasteiger partial charge is 0.332 e. The molecule has 1 aliphatic heterocycles. The van der Waals surface area contributed by atoms with E-state index in [1.54, 1.807) is 25.1 Å². The van der Waals surface area contributed by atoms with E-state index in [1.807, 2.05) is 13.8 Å². The molecule has 0 atom stereocenters. The van der Waals surface area contributed by atoms with Gasteiger partial charge in [0.15, 0.2) is 11.5 Å². The Morgan fingerprint density at radius 2 is 1.97 bits per heavy atom. The van der Waals surface area contributed by atoms with Gasteiger partial charge >= 0.3 is 5.69 Å². The highest BCUT2D eigenvalue weighted by atomic mass is 79.9. The van der Waals surface area contributed by atoms with Gasteiger partial charge in [-0.15, -0.1) is 0 Å². The van der Waals surface area contributed by atoms with Crippen LogP contribution in [0.25, 0.3) is 6.08 Å². The first kappa shape index (κ1) is 20.9. The molecule has 1 aliphatic rings. The average Bonchev–Trinajstić information content (AvgIpc) is 2.97. The number of ketones is 1. The molecule has 0 spiro atoms. The second kappa shape index (κ2) is 7.90. The molecule has 8 nitrogen and oxygen atoms in total. The molecule has 0 amide bonds. The molecule has 0 saturated heterocycles. The van der Waals surface area contributed by atoms with Crippen molar-refractivity contribution in [3.05, 3.63) is 54.3 Å². The molecule has 0 aliphatic carbocycles. The molecule has 1 aromatic heterocycles. The van der Waals surface area contributed by atoms with Crippen LogP contribution < -0.4 is 21.3 Å². The molecule has 0 bridgehead atoms.